The van der Waals surface area contributed by atoms with Crippen LogP contribution in [0.3, 0.4) is 0 Å². The summed E-state index contributed by atoms with van der Waals surface area (Å²) in [5.74, 6) is -1.05. The number of carbonyl (C=O) groups excluding carboxylic acids is 1. The molecule has 0 radical (unpaired) electrons. The average Bonchev–Trinajstić information content (AvgIpc) is 3.06. The van der Waals surface area contributed by atoms with Crippen molar-refractivity contribution in [1.29, 1.82) is 0 Å². The number of halogens is 1. The second-order valence-electron chi connectivity index (χ2n) is 6.18. The van der Waals surface area contributed by atoms with Gasteiger partial charge in [-0.2, -0.15) is 0 Å². The van der Waals surface area contributed by atoms with E-state index >= 15 is 0 Å². The molecule has 0 aliphatic rings. The van der Waals surface area contributed by atoms with E-state index in [-0.39, 0.29) is 21.4 Å². The SMILES string of the molecule is CON(C)C(=O)/C=C/c1cn(S(=O)(=O)c2ccc(C)cc2)c2cccc(F)c12. The van der Waals surface area contributed by atoms with E-state index in [0.29, 0.717) is 0 Å². The number of rotatable bonds is 5. The van der Waals surface area contributed by atoms with E-state index in [9.17, 15) is 17.6 Å². The van der Waals surface area contributed by atoms with Gasteiger partial charge in [0, 0.05) is 30.3 Å². The van der Waals surface area contributed by atoms with E-state index in [1.54, 1.807) is 12.1 Å². The van der Waals surface area contributed by atoms with Crippen LogP contribution in [0.5, 0.6) is 0 Å². The van der Waals surface area contributed by atoms with Crippen molar-refractivity contribution in [2.75, 3.05) is 14.2 Å². The first kappa shape index (κ1) is 19.8. The summed E-state index contributed by atoms with van der Waals surface area (Å²) in [6.07, 6.45) is 3.86. The van der Waals surface area contributed by atoms with Crippen LogP contribution in [-0.4, -0.2) is 37.5 Å². The van der Waals surface area contributed by atoms with Crippen molar-refractivity contribution in [1.82, 2.24) is 9.04 Å². The summed E-state index contributed by atoms with van der Waals surface area (Å²) < 4.78 is 41.7. The van der Waals surface area contributed by atoms with Gasteiger partial charge in [-0.1, -0.05) is 23.8 Å². The molecule has 0 saturated carbocycles. The van der Waals surface area contributed by atoms with Gasteiger partial charge in [0.25, 0.3) is 15.9 Å². The lowest BCUT2D eigenvalue weighted by atomic mass is 10.1. The molecule has 0 N–H and O–H groups in total. The van der Waals surface area contributed by atoms with Gasteiger partial charge in [0.1, 0.15) is 5.82 Å². The largest absolute Gasteiger partial charge is 0.274 e. The predicted molar refractivity (Wildman–Crippen MR) is 104 cm³/mol. The molecule has 1 aromatic heterocycles. The highest BCUT2D eigenvalue weighted by molar-refractivity contribution is 7.90. The Morgan fingerprint density at radius 2 is 1.86 bits per heavy atom. The maximum absolute atomic E-state index is 14.5. The van der Waals surface area contributed by atoms with Crippen molar-refractivity contribution < 1.29 is 22.4 Å². The Labute approximate surface area is 162 Å². The molecule has 1 heterocycles. The van der Waals surface area contributed by atoms with Gasteiger partial charge in [-0.25, -0.2) is 21.8 Å². The number of benzene rings is 2. The molecule has 0 aliphatic carbocycles. The molecule has 146 valence electrons. The molecule has 0 aliphatic heterocycles. The molecule has 6 nitrogen and oxygen atoms in total. The van der Waals surface area contributed by atoms with Crippen LogP contribution in [0.25, 0.3) is 17.0 Å². The molecule has 8 heteroatoms. The normalized spacial score (nSPS) is 12.0. The number of fused-ring (bicyclic) bond motifs is 1. The molecular weight excluding hydrogens is 383 g/mol. The van der Waals surface area contributed by atoms with Crippen molar-refractivity contribution in [2.45, 2.75) is 11.8 Å². The highest BCUT2D eigenvalue weighted by atomic mass is 32.2. The third-order valence-electron chi connectivity index (χ3n) is 4.34. The van der Waals surface area contributed by atoms with Gasteiger partial charge in [-0.05, 0) is 37.3 Å². The van der Waals surface area contributed by atoms with Gasteiger partial charge in [0.15, 0.2) is 0 Å². The minimum absolute atomic E-state index is 0.0879. The van der Waals surface area contributed by atoms with Crippen LogP contribution >= 0.6 is 0 Å². The minimum Gasteiger partial charge on any atom is -0.274 e. The molecule has 3 aromatic rings. The molecule has 28 heavy (non-hydrogen) atoms. The lowest BCUT2D eigenvalue weighted by Gasteiger charge is -2.09. The summed E-state index contributed by atoms with van der Waals surface area (Å²) >= 11 is 0. The van der Waals surface area contributed by atoms with Crippen LogP contribution in [0.15, 0.2) is 59.6 Å². The molecule has 1 amide bonds. The second kappa shape index (κ2) is 7.57. The van der Waals surface area contributed by atoms with Crippen LogP contribution in [0, 0.1) is 12.7 Å². The Kier molecular flexibility index (Phi) is 5.35. The van der Waals surface area contributed by atoms with Gasteiger partial charge in [-0.15, -0.1) is 0 Å². The summed E-state index contributed by atoms with van der Waals surface area (Å²) in [6, 6.07) is 10.6. The Bertz CT molecular complexity index is 1160. The Hall–Kier alpha value is -2.97. The molecule has 0 atom stereocenters. The number of aryl methyl sites for hydroxylation is 1. The number of aromatic nitrogens is 1. The van der Waals surface area contributed by atoms with E-state index in [1.165, 1.54) is 62.8 Å². The summed E-state index contributed by atoms with van der Waals surface area (Å²) in [6.45, 7) is 1.85. The van der Waals surface area contributed by atoms with Gasteiger partial charge in [-0.3, -0.25) is 9.63 Å². The monoisotopic (exact) mass is 402 g/mol. The number of hydrogen-bond acceptors (Lipinski definition) is 4. The lowest BCUT2D eigenvalue weighted by Crippen LogP contribution is -2.22. The topological polar surface area (TPSA) is 68.6 Å². The van der Waals surface area contributed by atoms with Crippen LogP contribution in [0.2, 0.25) is 0 Å². The maximum atomic E-state index is 14.5. The van der Waals surface area contributed by atoms with E-state index in [1.807, 2.05) is 6.92 Å². The molecule has 2 aromatic carbocycles. The van der Waals surface area contributed by atoms with E-state index in [2.05, 4.69) is 0 Å². The van der Waals surface area contributed by atoms with E-state index in [0.717, 1.165) is 14.6 Å². The number of likely N-dealkylation sites (N-methyl/N-ethyl adjacent to an activating group) is 1. The number of hydroxylamine groups is 2. The van der Waals surface area contributed by atoms with Gasteiger partial charge in [0.2, 0.25) is 0 Å². The summed E-state index contributed by atoms with van der Waals surface area (Å²) in [4.78, 5) is 16.8. The lowest BCUT2D eigenvalue weighted by molar-refractivity contribution is -0.162. The molecule has 0 spiro atoms. The fourth-order valence-electron chi connectivity index (χ4n) is 2.75. The molecular formula is C20H19FN2O4S. The second-order valence-corrected chi connectivity index (χ2v) is 8.00. The quantitative estimate of drug-likeness (QED) is 0.485. The van der Waals surface area contributed by atoms with Crippen LogP contribution in [-0.2, 0) is 19.7 Å². The Morgan fingerprint density at radius 1 is 1.18 bits per heavy atom. The Morgan fingerprint density at radius 3 is 2.50 bits per heavy atom. The van der Waals surface area contributed by atoms with Crippen LogP contribution in [0.1, 0.15) is 11.1 Å². The van der Waals surface area contributed by atoms with Crippen molar-refractivity contribution >= 4 is 32.9 Å². The standard InChI is InChI=1S/C20H19FN2O4S/c1-14-7-10-16(11-8-14)28(25,26)23-13-15(9-12-19(24)22(2)27-3)20-17(21)5-4-6-18(20)23/h4-13H,1-3H3/b12-9+. The molecule has 0 unspecified atom stereocenters. The van der Waals surface area contributed by atoms with Crippen molar-refractivity contribution in [2.24, 2.45) is 0 Å². The van der Waals surface area contributed by atoms with Crippen LogP contribution in [0.4, 0.5) is 4.39 Å². The van der Waals surface area contributed by atoms with E-state index in [4.69, 9.17) is 4.84 Å². The van der Waals surface area contributed by atoms with Crippen molar-refractivity contribution in [3.05, 3.63) is 71.7 Å². The molecule has 0 bridgehead atoms. The third-order valence-corrected chi connectivity index (χ3v) is 6.03. The fourth-order valence-corrected chi connectivity index (χ4v) is 4.12. The van der Waals surface area contributed by atoms with Gasteiger partial charge >= 0.3 is 0 Å². The van der Waals surface area contributed by atoms with Crippen molar-refractivity contribution in [3.8, 4) is 0 Å². The summed E-state index contributed by atoms with van der Waals surface area (Å²) in [7, 11) is -1.17. The highest BCUT2D eigenvalue weighted by Crippen LogP contribution is 2.29. The predicted octanol–water partition coefficient (Wildman–Crippen LogP) is 3.36. The number of carbonyl (C=O) groups is 1. The first-order valence-electron chi connectivity index (χ1n) is 8.37. The number of nitrogens with zero attached hydrogens (tertiary/aromatic N) is 2. The van der Waals surface area contributed by atoms with E-state index < -0.39 is 21.7 Å². The average molecular weight is 402 g/mol. The van der Waals surface area contributed by atoms with Crippen molar-refractivity contribution in [3.63, 3.8) is 0 Å². The zero-order valence-electron chi connectivity index (χ0n) is 15.6. The maximum Gasteiger partial charge on any atom is 0.269 e. The smallest absolute Gasteiger partial charge is 0.269 e. The first-order chi connectivity index (χ1) is 13.3. The van der Waals surface area contributed by atoms with Crippen LogP contribution < -0.4 is 0 Å². The first-order valence-corrected chi connectivity index (χ1v) is 9.81. The minimum atomic E-state index is -3.94. The molecule has 0 saturated heterocycles. The summed E-state index contributed by atoms with van der Waals surface area (Å²) in [5.41, 5.74) is 1.38. The number of hydrogen-bond donors (Lipinski definition) is 0. The van der Waals surface area contributed by atoms with Gasteiger partial charge in [0.05, 0.1) is 17.5 Å². The number of amides is 1. The zero-order chi connectivity index (χ0) is 20.5. The summed E-state index contributed by atoms with van der Waals surface area (Å²) in [5, 5.41) is 1.11. The highest BCUT2D eigenvalue weighted by Gasteiger charge is 2.22. The third kappa shape index (κ3) is 3.56. The van der Waals surface area contributed by atoms with Gasteiger partial charge < -0.3 is 0 Å². The zero-order valence-corrected chi connectivity index (χ0v) is 16.4. The molecule has 0 fully saturated rings. The Balaban J connectivity index is 2.17. The molecule has 3 rings (SSSR count). The fraction of sp³-hybridized carbons (Fsp3) is 0.150.